The highest BCUT2D eigenvalue weighted by Crippen LogP contribution is 2.36. The number of rotatable bonds is 0. The predicted octanol–water partition coefficient (Wildman–Crippen LogP) is 3.21. The molecule has 2 fully saturated rings. The molecular formula is C17H22ClNO. The van der Waals surface area contributed by atoms with Crippen molar-refractivity contribution in [1.29, 1.82) is 0 Å². The molecule has 0 radical (unpaired) electrons. The second kappa shape index (κ2) is 6.08. The van der Waals surface area contributed by atoms with Crippen LogP contribution in [0.5, 0.6) is 0 Å². The number of halogens is 1. The van der Waals surface area contributed by atoms with Gasteiger partial charge in [-0.25, -0.2) is 0 Å². The van der Waals surface area contributed by atoms with Crippen molar-refractivity contribution in [3.05, 3.63) is 23.8 Å². The molecule has 1 saturated carbocycles. The molecule has 3 atom stereocenters. The molecule has 1 heterocycles. The van der Waals surface area contributed by atoms with Gasteiger partial charge in [0.2, 0.25) is 0 Å². The van der Waals surface area contributed by atoms with Crippen molar-refractivity contribution in [2.75, 3.05) is 6.54 Å². The molecule has 0 bridgehead atoms. The quantitative estimate of drug-likeness (QED) is 0.754. The van der Waals surface area contributed by atoms with Crippen molar-refractivity contribution in [3.63, 3.8) is 0 Å². The minimum Gasteiger partial charge on any atom is -0.393 e. The summed E-state index contributed by atoms with van der Waals surface area (Å²) < 4.78 is 0. The van der Waals surface area contributed by atoms with Crippen molar-refractivity contribution >= 4 is 12.4 Å². The molecule has 4 aliphatic rings. The normalized spacial score (nSPS) is 28.4. The monoisotopic (exact) mass is 291 g/mol. The summed E-state index contributed by atoms with van der Waals surface area (Å²) in [5.74, 6) is 0.454. The van der Waals surface area contributed by atoms with Crippen LogP contribution in [0.3, 0.4) is 0 Å². The highest BCUT2D eigenvalue weighted by atomic mass is 35.5. The Balaban J connectivity index is 0.000000157. The van der Waals surface area contributed by atoms with E-state index in [-0.39, 0.29) is 18.5 Å². The topological polar surface area (TPSA) is 23.5 Å². The third-order valence-corrected chi connectivity index (χ3v) is 4.80. The molecular weight excluding hydrogens is 270 g/mol. The Morgan fingerprint density at radius 1 is 1.30 bits per heavy atom. The summed E-state index contributed by atoms with van der Waals surface area (Å²) in [5, 5.41) is 9.70. The van der Waals surface area contributed by atoms with E-state index in [4.69, 9.17) is 6.42 Å². The van der Waals surface area contributed by atoms with Gasteiger partial charge < -0.3 is 10.0 Å². The van der Waals surface area contributed by atoms with E-state index in [0.717, 1.165) is 25.8 Å². The van der Waals surface area contributed by atoms with Gasteiger partial charge in [0.1, 0.15) is 0 Å². The SMILES string of the molecule is C#CN1CC[C@@H]2C1CCC[C@@H]2O.Cc1cc2ccc1-2.Cl. The Morgan fingerprint density at radius 3 is 2.55 bits per heavy atom. The summed E-state index contributed by atoms with van der Waals surface area (Å²) in [5.41, 5.74) is 4.36. The first-order valence-electron chi connectivity index (χ1n) is 7.22. The van der Waals surface area contributed by atoms with Crippen LogP contribution >= 0.6 is 12.4 Å². The zero-order valence-corrected chi connectivity index (χ0v) is 12.7. The number of fused-ring (bicyclic) bond motifs is 2. The first-order valence-corrected chi connectivity index (χ1v) is 7.22. The molecule has 0 spiro atoms. The predicted molar refractivity (Wildman–Crippen MR) is 84.7 cm³/mol. The minimum absolute atomic E-state index is 0. The molecule has 0 aromatic heterocycles. The van der Waals surface area contributed by atoms with Gasteiger partial charge in [0.15, 0.2) is 0 Å². The molecule has 1 aliphatic heterocycles. The lowest BCUT2D eigenvalue weighted by atomic mass is 9.83. The fourth-order valence-electron chi connectivity index (χ4n) is 3.59. The molecule has 20 heavy (non-hydrogen) atoms. The van der Waals surface area contributed by atoms with Gasteiger partial charge >= 0.3 is 0 Å². The molecule has 3 heteroatoms. The fourth-order valence-corrected chi connectivity index (χ4v) is 3.59. The highest BCUT2D eigenvalue weighted by Gasteiger charge is 2.39. The first kappa shape index (κ1) is 15.2. The molecule has 3 aliphatic carbocycles. The van der Waals surface area contributed by atoms with E-state index < -0.39 is 0 Å². The third kappa shape index (κ3) is 2.53. The maximum Gasteiger partial charge on any atom is 0.0589 e. The molecule has 4 rings (SSSR count). The van der Waals surface area contributed by atoms with Crippen LogP contribution in [-0.4, -0.2) is 28.7 Å². The third-order valence-electron chi connectivity index (χ3n) is 4.80. The van der Waals surface area contributed by atoms with Gasteiger partial charge in [0.25, 0.3) is 0 Å². The summed E-state index contributed by atoms with van der Waals surface area (Å²) in [6.45, 7) is 3.12. The second-order valence-electron chi connectivity index (χ2n) is 5.87. The van der Waals surface area contributed by atoms with Crippen LogP contribution in [0.2, 0.25) is 0 Å². The number of aliphatic hydroxyl groups is 1. The fraction of sp³-hybridized carbons (Fsp3) is 0.529. The summed E-state index contributed by atoms with van der Waals surface area (Å²) in [6.07, 6.45) is 9.63. The Morgan fingerprint density at radius 2 is 2.10 bits per heavy atom. The summed E-state index contributed by atoms with van der Waals surface area (Å²) >= 11 is 0. The first-order chi connectivity index (χ1) is 9.20. The molecule has 1 saturated heterocycles. The van der Waals surface area contributed by atoms with E-state index in [9.17, 15) is 5.11 Å². The van der Waals surface area contributed by atoms with E-state index in [1.165, 1.54) is 23.1 Å². The highest BCUT2D eigenvalue weighted by molar-refractivity contribution is 5.85. The van der Waals surface area contributed by atoms with E-state index >= 15 is 0 Å². The molecule has 1 unspecified atom stereocenters. The Labute approximate surface area is 127 Å². The number of hydrogen-bond donors (Lipinski definition) is 1. The lowest BCUT2D eigenvalue weighted by molar-refractivity contribution is 0.0520. The molecule has 2 nitrogen and oxygen atoms in total. The molecule has 0 aromatic rings. The minimum atomic E-state index is -0.0953. The van der Waals surface area contributed by atoms with Gasteiger partial charge in [-0.05, 0) is 49.3 Å². The Bertz CT molecular complexity index is 522. The van der Waals surface area contributed by atoms with Crippen LogP contribution in [0.15, 0.2) is 18.2 Å². The number of terminal acetylenes is 1. The van der Waals surface area contributed by atoms with Crippen LogP contribution in [0.25, 0.3) is 11.1 Å². The van der Waals surface area contributed by atoms with Crippen molar-refractivity contribution < 1.29 is 5.11 Å². The maximum atomic E-state index is 9.70. The number of aryl methyl sites for hydroxylation is 1. The number of benzene rings is 1. The Hall–Kier alpha value is -1.17. The van der Waals surface area contributed by atoms with Crippen LogP contribution < -0.4 is 0 Å². The van der Waals surface area contributed by atoms with Crippen molar-refractivity contribution in [2.45, 2.75) is 44.8 Å². The molecule has 108 valence electrons. The van der Waals surface area contributed by atoms with Crippen LogP contribution in [0, 0.1) is 25.3 Å². The Kier molecular flexibility index (Phi) is 4.62. The van der Waals surface area contributed by atoms with Crippen molar-refractivity contribution in [2.24, 2.45) is 5.92 Å². The maximum absolute atomic E-state index is 9.70. The molecule has 0 amide bonds. The summed E-state index contributed by atoms with van der Waals surface area (Å²) in [7, 11) is 0. The zero-order chi connectivity index (χ0) is 13.4. The molecule has 0 aromatic carbocycles. The van der Waals surface area contributed by atoms with Gasteiger partial charge in [0.05, 0.1) is 6.10 Å². The van der Waals surface area contributed by atoms with Gasteiger partial charge in [-0.15, -0.1) is 12.4 Å². The van der Waals surface area contributed by atoms with Crippen LogP contribution in [0.1, 0.15) is 31.2 Å². The number of hydrogen-bond acceptors (Lipinski definition) is 2. The average molecular weight is 292 g/mol. The van der Waals surface area contributed by atoms with Gasteiger partial charge in [-0.2, -0.15) is 0 Å². The summed E-state index contributed by atoms with van der Waals surface area (Å²) in [4.78, 5) is 2.06. The van der Waals surface area contributed by atoms with Crippen LogP contribution in [-0.2, 0) is 0 Å². The smallest absolute Gasteiger partial charge is 0.0589 e. The van der Waals surface area contributed by atoms with Gasteiger partial charge in [0, 0.05) is 24.5 Å². The summed E-state index contributed by atoms with van der Waals surface area (Å²) in [6, 6.07) is 9.68. The van der Waals surface area contributed by atoms with Crippen molar-refractivity contribution in [3.8, 4) is 23.6 Å². The lowest BCUT2D eigenvalue weighted by Gasteiger charge is -2.32. The number of nitrogens with zero attached hydrogens (tertiary/aromatic N) is 1. The average Bonchev–Trinajstić information content (AvgIpc) is 2.81. The van der Waals surface area contributed by atoms with E-state index in [2.05, 4.69) is 36.1 Å². The van der Waals surface area contributed by atoms with Crippen LogP contribution in [0.4, 0.5) is 0 Å². The van der Waals surface area contributed by atoms with E-state index in [1.807, 2.05) is 0 Å². The lowest BCUT2D eigenvalue weighted by Crippen LogP contribution is -2.38. The van der Waals surface area contributed by atoms with Gasteiger partial charge in [-0.3, -0.25) is 0 Å². The van der Waals surface area contributed by atoms with Crippen molar-refractivity contribution in [1.82, 2.24) is 4.90 Å². The second-order valence-corrected chi connectivity index (χ2v) is 5.87. The van der Waals surface area contributed by atoms with E-state index in [0.29, 0.717) is 12.0 Å². The standard InChI is InChI=1S/C10H15NO.C7H6.ClH/c1-2-11-7-6-8-9(11)4-3-5-10(8)12;1-5-4-6-2-3-7(5)6;/h1,8-10,12H,3-7H2;2-4H,1H3;1H/t8-,9?,10+;;/m1../s1. The number of likely N-dealkylation sites (tertiary alicyclic amines) is 1. The largest absolute Gasteiger partial charge is 0.393 e. The number of aliphatic hydroxyl groups excluding tert-OH is 1. The van der Waals surface area contributed by atoms with Gasteiger partial charge in [-0.1, -0.05) is 24.6 Å². The molecule has 1 N–H and O–H groups in total. The van der Waals surface area contributed by atoms with E-state index in [1.54, 1.807) is 0 Å². The zero-order valence-electron chi connectivity index (χ0n) is 11.9.